The van der Waals surface area contributed by atoms with Crippen LogP contribution in [0.15, 0.2) is 23.2 Å². The predicted octanol–water partition coefficient (Wildman–Crippen LogP) is 2.98. The number of nitrogens with zero attached hydrogens (tertiary/aromatic N) is 1. The lowest BCUT2D eigenvalue weighted by atomic mass is 9.98. The van der Waals surface area contributed by atoms with E-state index >= 15 is 0 Å². The van der Waals surface area contributed by atoms with E-state index in [0.29, 0.717) is 5.92 Å². The summed E-state index contributed by atoms with van der Waals surface area (Å²) in [5.41, 5.74) is 0. The SMILES string of the molecule is CC1CCCCCC1NS(=O)(=O)c1ccnc(Cl)c1. The van der Waals surface area contributed by atoms with Crippen LogP contribution in [0.4, 0.5) is 0 Å². The third-order valence-electron chi connectivity index (χ3n) is 3.68. The fourth-order valence-corrected chi connectivity index (χ4v) is 4.12. The zero-order chi connectivity index (χ0) is 13.9. The van der Waals surface area contributed by atoms with Crippen molar-refractivity contribution in [1.29, 1.82) is 0 Å². The molecule has 1 aromatic rings. The Kier molecular flexibility index (Phi) is 4.81. The van der Waals surface area contributed by atoms with Gasteiger partial charge in [-0.2, -0.15) is 0 Å². The number of aromatic nitrogens is 1. The molecule has 1 N–H and O–H groups in total. The molecule has 19 heavy (non-hydrogen) atoms. The van der Waals surface area contributed by atoms with Crippen LogP contribution in [-0.4, -0.2) is 19.4 Å². The van der Waals surface area contributed by atoms with E-state index in [1.54, 1.807) is 0 Å². The van der Waals surface area contributed by atoms with Crippen LogP contribution in [0.5, 0.6) is 0 Å². The van der Waals surface area contributed by atoms with Crippen molar-refractivity contribution >= 4 is 21.6 Å². The topological polar surface area (TPSA) is 59.1 Å². The highest BCUT2D eigenvalue weighted by atomic mass is 35.5. The maximum absolute atomic E-state index is 12.3. The molecule has 2 unspecified atom stereocenters. The molecule has 0 aromatic carbocycles. The maximum atomic E-state index is 12.3. The van der Waals surface area contributed by atoms with Crippen molar-refractivity contribution in [2.75, 3.05) is 0 Å². The van der Waals surface area contributed by atoms with Crippen LogP contribution < -0.4 is 4.72 Å². The molecule has 0 saturated heterocycles. The zero-order valence-corrected chi connectivity index (χ0v) is 12.5. The van der Waals surface area contributed by atoms with E-state index < -0.39 is 10.0 Å². The van der Waals surface area contributed by atoms with Gasteiger partial charge in [0.15, 0.2) is 0 Å². The number of halogens is 1. The second kappa shape index (κ2) is 6.20. The molecule has 0 bridgehead atoms. The molecule has 1 aliphatic rings. The fraction of sp³-hybridized carbons (Fsp3) is 0.615. The van der Waals surface area contributed by atoms with Crippen LogP contribution in [-0.2, 0) is 10.0 Å². The van der Waals surface area contributed by atoms with Crippen LogP contribution in [0.25, 0.3) is 0 Å². The van der Waals surface area contributed by atoms with Gasteiger partial charge in [-0.25, -0.2) is 18.1 Å². The number of sulfonamides is 1. The summed E-state index contributed by atoms with van der Waals surface area (Å²) in [7, 11) is -3.51. The molecule has 2 rings (SSSR count). The minimum Gasteiger partial charge on any atom is -0.244 e. The zero-order valence-electron chi connectivity index (χ0n) is 11.0. The second-order valence-corrected chi connectivity index (χ2v) is 7.26. The van der Waals surface area contributed by atoms with Gasteiger partial charge in [-0.15, -0.1) is 0 Å². The summed E-state index contributed by atoms with van der Waals surface area (Å²) in [5.74, 6) is 0.370. The lowest BCUT2D eigenvalue weighted by molar-refractivity contribution is 0.399. The molecule has 0 spiro atoms. The average molecular weight is 303 g/mol. The molecule has 4 nitrogen and oxygen atoms in total. The van der Waals surface area contributed by atoms with Gasteiger partial charge in [0.1, 0.15) is 5.15 Å². The molecule has 0 aliphatic heterocycles. The van der Waals surface area contributed by atoms with Gasteiger partial charge in [0, 0.05) is 12.2 Å². The van der Waals surface area contributed by atoms with Crippen molar-refractivity contribution in [3.8, 4) is 0 Å². The summed E-state index contributed by atoms with van der Waals surface area (Å²) < 4.78 is 27.4. The minimum absolute atomic E-state index is 0.0134. The highest BCUT2D eigenvalue weighted by molar-refractivity contribution is 7.89. The maximum Gasteiger partial charge on any atom is 0.240 e. The normalized spacial score (nSPS) is 24.9. The summed E-state index contributed by atoms with van der Waals surface area (Å²) in [6.45, 7) is 2.11. The first-order chi connectivity index (χ1) is 8.99. The van der Waals surface area contributed by atoms with Crippen LogP contribution in [0.1, 0.15) is 39.0 Å². The minimum atomic E-state index is -3.51. The highest BCUT2D eigenvalue weighted by Crippen LogP contribution is 2.24. The van der Waals surface area contributed by atoms with Gasteiger partial charge in [0.2, 0.25) is 10.0 Å². The largest absolute Gasteiger partial charge is 0.244 e. The van der Waals surface area contributed by atoms with Crippen molar-refractivity contribution in [3.05, 3.63) is 23.5 Å². The van der Waals surface area contributed by atoms with Gasteiger partial charge < -0.3 is 0 Å². The van der Waals surface area contributed by atoms with E-state index in [-0.39, 0.29) is 16.1 Å². The Morgan fingerprint density at radius 1 is 1.32 bits per heavy atom. The molecule has 0 radical (unpaired) electrons. The molecule has 1 fully saturated rings. The van der Waals surface area contributed by atoms with Crippen molar-refractivity contribution in [2.45, 2.75) is 50.0 Å². The van der Waals surface area contributed by atoms with Gasteiger partial charge in [0.25, 0.3) is 0 Å². The van der Waals surface area contributed by atoms with E-state index in [1.165, 1.54) is 31.2 Å². The number of hydrogen-bond acceptors (Lipinski definition) is 3. The summed E-state index contributed by atoms with van der Waals surface area (Å²) in [4.78, 5) is 3.99. The smallest absolute Gasteiger partial charge is 0.240 e. The molecule has 0 amide bonds. The van der Waals surface area contributed by atoms with Gasteiger partial charge in [-0.1, -0.05) is 37.8 Å². The third-order valence-corrected chi connectivity index (χ3v) is 5.37. The Balaban J connectivity index is 2.16. The summed E-state index contributed by atoms with van der Waals surface area (Å²) >= 11 is 5.75. The number of rotatable bonds is 3. The first-order valence-electron chi connectivity index (χ1n) is 6.63. The van der Waals surface area contributed by atoms with Crippen molar-refractivity contribution in [2.24, 2.45) is 5.92 Å². The fourth-order valence-electron chi connectivity index (χ4n) is 2.49. The van der Waals surface area contributed by atoms with Crippen molar-refractivity contribution in [1.82, 2.24) is 9.71 Å². The molecular formula is C13H19ClN2O2S. The molecule has 2 atom stereocenters. The molecule has 1 aliphatic carbocycles. The highest BCUT2D eigenvalue weighted by Gasteiger charge is 2.25. The Hall–Kier alpha value is -0.650. The van der Waals surface area contributed by atoms with Crippen molar-refractivity contribution < 1.29 is 8.42 Å². The molecular weight excluding hydrogens is 284 g/mol. The summed E-state index contributed by atoms with van der Waals surface area (Å²) in [6, 6.07) is 2.86. The first-order valence-corrected chi connectivity index (χ1v) is 8.49. The summed E-state index contributed by atoms with van der Waals surface area (Å²) in [6.07, 6.45) is 6.83. The second-order valence-electron chi connectivity index (χ2n) is 5.16. The van der Waals surface area contributed by atoms with E-state index in [2.05, 4.69) is 16.6 Å². The van der Waals surface area contributed by atoms with Crippen LogP contribution >= 0.6 is 11.6 Å². The number of hydrogen-bond donors (Lipinski definition) is 1. The van der Waals surface area contributed by atoms with Crippen molar-refractivity contribution in [3.63, 3.8) is 0 Å². The molecule has 1 heterocycles. The quantitative estimate of drug-likeness (QED) is 0.690. The van der Waals surface area contributed by atoms with Crippen LogP contribution in [0.2, 0.25) is 5.15 Å². The van der Waals surface area contributed by atoms with Crippen LogP contribution in [0, 0.1) is 5.92 Å². The number of nitrogens with one attached hydrogen (secondary N) is 1. The van der Waals surface area contributed by atoms with E-state index in [0.717, 1.165) is 19.3 Å². The monoisotopic (exact) mass is 302 g/mol. The Morgan fingerprint density at radius 2 is 2.05 bits per heavy atom. The lowest BCUT2D eigenvalue weighted by Crippen LogP contribution is -2.38. The average Bonchev–Trinajstić information content (AvgIpc) is 2.55. The van der Waals surface area contributed by atoms with E-state index in [9.17, 15) is 8.42 Å². The molecule has 6 heteroatoms. The van der Waals surface area contributed by atoms with E-state index in [4.69, 9.17) is 11.6 Å². The first kappa shape index (κ1) is 14.8. The van der Waals surface area contributed by atoms with Gasteiger partial charge >= 0.3 is 0 Å². The molecule has 1 saturated carbocycles. The molecule has 1 aromatic heterocycles. The Morgan fingerprint density at radius 3 is 2.79 bits per heavy atom. The van der Waals surface area contributed by atoms with Crippen LogP contribution in [0.3, 0.4) is 0 Å². The molecule has 106 valence electrons. The Bertz CT molecular complexity index is 533. The third kappa shape index (κ3) is 3.91. The summed E-state index contributed by atoms with van der Waals surface area (Å²) in [5, 5.41) is 0.191. The number of pyridine rings is 1. The van der Waals surface area contributed by atoms with Gasteiger partial charge in [0.05, 0.1) is 4.90 Å². The lowest BCUT2D eigenvalue weighted by Gasteiger charge is -2.22. The Labute approximate surface area is 119 Å². The van der Waals surface area contributed by atoms with Gasteiger partial charge in [-0.05, 0) is 30.9 Å². The van der Waals surface area contributed by atoms with E-state index in [1.807, 2.05) is 0 Å². The standard InChI is InChI=1S/C13H19ClN2O2S/c1-10-5-3-2-4-6-12(10)16-19(17,18)11-7-8-15-13(14)9-11/h7-10,12,16H,2-6H2,1H3. The van der Waals surface area contributed by atoms with Gasteiger partial charge in [-0.3, -0.25) is 0 Å². The predicted molar refractivity (Wildman–Crippen MR) is 75.6 cm³/mol.